The number of hydrogen-bond acceptors (Lipinski definition) is 9. The van der Waals surface area contributed by atoms with Crippen LogP contribution in [-0.2, 0) is 20.4 Å². The van der Waals surface area contributed by atoms with Crippen LogP contribution in [0.25, 0.3) is 0 Å². The maximum atomic E-state index is 12.7. The number of carbonyl (C=O) groups excluding carboxylic acids is 4. The average molecular weight is 470 g/mol. The number of amides is 3. The van der Waals surface area contributed by atoms with Crippen molar-refractivity contribution in [2.45, 2.75) is 0 Å². The molecule has 0 aliphatic carbocycles. The largest absolute Gasteiger partial charge is 0.400 e. The SMILES string of the molecule is CO.O=Cc1cc2c(cc1C(=O)NCCS(=O)(=O)F)C(=O)N(CCS(=O)(=O)F)C2=O. The minimum Gasteiger partial charge on any atom is -0.400 e. The van der Waals surface area contributed by atoms with E-state index in [9.17, 15) is 43.8 Å². The minimum absolute atomic E-state index is 0.202. The Balaban J connectivity index is 0.00000218. The van der Waals surface area contributed by atoms with Crippen molar-refractivity contribution in [2.24, 2.45) is 0 Å². The number of aliphatic hydroxyl groups is 1. The molecule has 0 saturated carbocycles. The molecule has 3 amide bonds. The number of fused-ring (bicyclic) bond motifs is 1. The van der Waals surface area contributed by atoms with Crippen molar-refractivity contribution >= 4 is 44.5 Å². The molecule has 0 spiro atoms. The van der Waals surface area contributed by atoms with Gasteiger partial charge in [-0.1, -0.05) is 0 Å². The first-order valence-corrected chi connectivity index (χ1v) is 11.0. The minimum atomic E-state index is -4.95. The summed E-state index contributed by atoms with van der Waals surface area (Å²) in [4.78, 5) is 48.3. The van der Waals surface area contributed by atoms with Crippen molar-refractivity contribution in [1.82, 2.24) is 10.2 Å². The molecule has 2 rings (SSSR count). The van der Waals surface area contributed by atoms with Crippen LogP contribution in [0.15, 0.2) is 12.1 Å². The third-order valence-corrected chi connectivity index (χ3v) is 5.06. The Hall–Kier alpha value is -2.78. The highest BCUT2D eigenvalue weighted by Gasteiger charge is 2.37. The van der Waals surface area contributed by atoms with Crippen LogP contribution < -0.4 is 5.32 Å². The Labute approximate surface area is 170 Å². The second-order valence-corrected chi connectivity index (χ2v) is 8.58. The second kappa shape index (κ2) is 9.82. The molecule has 0 atom stereocenters. The molecule has 1 aromatic carbocycles. The summed E-state index contributed by atoms with van der Waals surface area (Å²) < 4.78 is 67.2. The Morgan fingerprint density at radius 1 is 1.03 bits per heavy atom. The highest BCUT2D eigenvalue weighted by Crippen LogP contribution is 2.26. The molecule has 2 N–H and O–H groups in total. The van der Waals surface area contributed by atoms with E-state index >= 15 is 0 Å². The lowest BCUT2D eigenvalue weighted by molar-refractivity contribution is 0.0663. The van der Waals surface area contributed by atoms with E-state index in [0.29, 0.717) is 4.90 Å². The highest BCUT2D eigenvalue weighted by molar-refractivity contribution is 7.86. The molecule has 0 fully saturated rings. The van der Waals surface area contributed by atoms with Gasteiger partial charge in [-0.25, -0.2) is 0 Å². The number of carbonyl (C=O) groups is 4. The van der Waals surface area contributed by atoms with Crippen molar-refractivity contribution in [3.63, 3.8) is 0 Å². The molecule has 1 heterocycles. The number of aliphatic hydroxyl groups excluding tert-OH is 1. The molecule has 15 heteroatoms. The molecule has 11 nitrogen and oxygen atoms in total. The van der Waals surface area contributed by atoms with E-state index in [2.05, 4.69) is 0 Å². The van der Waals surface area contributed by atoms with Gasteiger partial charge in [0.1, 0.15) is 0 Å². The summed E-state index contributed by atoms with van der Waals surface area (Å²) in [5.41, 5.74) is -1.31. The van der Waals surface area contributed by atoms with Crippen molar-refractivity contribution in [3.8, 4) is 0 Å². The predicted octanol–water partition coefficient (Wildman–Crippen LogP) is -0.968. The topological polar surface area (TPSA) is 172 Å². The van der Waals surface area contributed by atoms with Gasteiger partial charge in [-0.2, -0.15) is 16.8 Å². The van der Waals surface area contributed by atoms with Crippen molar-refractivity contribution in [1.29, 1.82) is 0 Å². The van der Waals surface area contributed by atoms with Gasteiger partial charge in [-0.15, -0.1) is 7.77 Å². The fraction of sp³-hybridized carbons (Fsp3) is 0.333. The summed E-state index contributed by atoms with van der Waals surface area (Å²) in [6, 6.07) is 1.82. The Morgan fingerprint density at radius 3 is 2.00 bits per heavy atom. The van der Waals surface area contributed by atoms with Gasteiger partial charge in [0.05, 0.1) is 28.2 Å². The fourth-order valence-corrected chi connectivity index (χ4v) is 3.18. The number of benzene rings is 1. The lowest BCUT2D eigenvalue weighted by atomic mass is 9.99. The van der Waals surface area contributed by atoms with Gasteiger partial charge >= 0.3 is 20.4 Å². The van der Waals surface area contributed by atoms with Gasteiger partial charge in [-0.3, -0.25) is 24.1 Å². The number of rotatable bonds is 8. The summed E-state index contributed by atoms with van der Waals surface area (Å²) in [5, 5.41) is 9.05. The van der Waals surface area contributed by atoms with Crippen LogP contribution >= 0.6 is 0 Å². The predicted molar refractivity (Wildman–Crippen MR) is 97.5 cm³/mol. The average Bonchev–Trinajstić information content (AvgIpc) is 2.88. The molecule has 0 saturated heterocycles. The highest BCUT2D eigenvalue weighted by atomic mass is 32.3. The number of nitrogens with zero attached hydrogens (tertiary/aromatic N) is 1. The third-order valence-electron chi connectivity index (χ3n) is 3.70. The summed E-state index contributed by atoms with van der Waals surface area (Å²) in [6.07, 6.45) is 0.202. The van der Waals surface area contributed by atoms with Crippen LogP contribution in [0.3, 0.4) is 0 Å². The Morgan fingerprint density at radius 2 is 1.53 bits per heavy atom. The summed E-state index contributed by atoms with van der Waals surface area (Å²) >= 11 is 0. The van der Waals surface area contributed by atoms with Crippen LogP contribution in [0.4, 0.5) is 7.77 Å². The van der Waals surface area contributed by atoms with Crippen LogP contribution in [0.5, 0.6) is 0 Å². The zero-order chi connectivity index (χ0) is 23.3. The Bertz CT molecular complexity index is 1080. The molecule has 0 bridgehead atoms. The van der Waals surface area contributed by atoms with Crippen molar-refractivity contribution < 1.29 is 48.9 Å². The van der Waals surface area contributed by atoms with Crippen LogP contribution in [0.1, 0.15) is 41.4 Å². The van der Waals surface area contributed by atoms with Crippen LogP contribution in [0, 0.1) is 0 Å². The number of aldehydes is 1. The zero-order valence-corrected chi connectivity index (χ0v) is 16.9. The second-order valence-electron chi connectivity index (χ2n) is 5.61. The number of nitrogens with one attached hydrogen (secondary N) is 1. The molecule has 1 aliphatic rings. The van der Waals surface area contributed by atoms with Gasteiger partial charge in [0.25, 0.3) is 17.7 Å². The van der Waals surface area contributed by atoms with Gasteiger partial charge in [0.2, 0.25) is 0 Å². The van der Waals surface area contributed by atoms with E-state index in [4.69, 9.17) is 5.11 Å². The van der Waals surface area contributed by atoms with Crippen molar-refractivity contribution in [2.75, 3.05) is 31.7 Å². The van der Waals surface area contributed by atoms with Gasteiger partial charge in [-0.05, 0) is 12.1 Å². The summed E-state index contributed by atoms with van der Waals surface area (Å²) in [5.74, 6) is -5.10. The number of imide groups is 1. The summed E-state index contributed by atoms with van der Waals surface area (Å²) in [6.45, 7) is -1.38. The molecule has 1 aliphatic heterocycles. The quantitative estimate of drug-likeness (QED) is 0.275. The monoisotopic (exact) mass is 470 g/mol. The third kappa shape index (κ3) is 6.36. The van der Waals surface area contributed by atoms with Gasteiger partial charge in [0.15, 0.2) is 6.29 Å². The molecular formula is C15H16F2N2O9S2. The first-order valence-electron chi connectivity index (χ1n) is 7.91. The van der Waals surface area contributed by atoms with Gasteiger partial charge < -0.3 is 10.4 Å². The first-order chi connectivity index (χ1) is 13.8. The fourth-order valence-electron chi connectivity index (χ4n) is 2.43. The van der Waals surface area contributed by atoms with Crippen LogP contribution in [-0.4, -0.2) is 82.6 Å². The van der Waals surface area contributed by atoms with Crippen LogP contribution in [0.2, 0.25) is 0 Å². The first kappa shape index (κ1) is 25.3. The van der Waals surface area contributed by atoms with E-state index in [-0.39, 0.29) is 28.5 Å². The number of hydrogen-bond donors (Lipinski definition) is 2. The molecule has 166 valence electrons. The summed E-state index contributed by atoms with van der Waals surface area (Å²) in [7, 11) is -8.79. The lowest BCUT2D eigenvalue weighted by Crippen LogP contribution is -2.33. The molecule has 30 heavy (non-hydrogen) atoms. The maximum absolute atomic E-state index is 12.7. The van der Waals surface area contributed by atoms with E-state index < -0.39 is 62.8 Å². The van der Waals surface area contributed by atoms with E-state index in [0.717, 1.165) is 19.2 Å². The molecule has 1 aromatic rings. The Kier molecular flexibility index (Phi) is 8.26. The number of halogens is 2. The smallest absolute Gasteiger partial charge is 0.304 e. The molecule has 0 unspecified atom stereocenters. The molecule has 0 radical (unpaired) electrons. The lowest BCUT2D eigenvalue weighted by Gasteiger charge is -2.11. The van der Waals surface area contributed by atoms with Crippen molar-refractivity contribution in [3.05, 3.63) is 34.4 Å². The van der Waals surface area contributed by atoms with E-state index in [1.807, 2.05) is 5.32 Å². The van der Waals surface area contributed by atoms with E-state index in [1.54, 1.807) is 0 Å². The van der Waals surface area contributed by atoms with Gasteiger partial charge in [0, 0.05) is 25.8 Å². The molecular weight excluding hydrogens is 454 g/mol. The standard InChI is InChI=1S/C14H12F2N2O8S2.CH4O/c15-27(23,24)3-1-17-12(20)9-6-11-10(5-8(9)7-19)13(21)18(14(11)22)2-4-28(16,25)26;1-2/h5-7H,1-4H2,(H,17,20);2H,1H3. The zero-order valence-electron chi connectivity index (χ0n) is 15.3. The normalized spacial score (nSPS) is 13.4. The molecule has 0 aromatic heterocycles. The van der Waals surface area contributed by atoms with E-state index in [1.165, 1.54) is 0 Å². The maximum Gasteiger partial charge on any atom is 0.304 e.